The number of nitrogens with one attached hydrogen (secondary N) is 1. The van der Waals surface area contributed by atoms with E-state index in [1.54, 1.807) is 41.5 Å². The number of amides is 2. The topological polar surface area (TPSA) is 100 Å². The van der Waals surface area contributed by atoms with Gasteiger partial charge in [0.1, 0.15) is 17.3 Å². The molecule has 0 aromatic carbocycles. The van der Waals surface area contributed by atoms with Gasteiger partial charge in [-0.2, -0.15) is 0 Å². The predicted octanol–water partition coefficient (Wildman–Crippen LogP) is 5.51. The summed E-state index contributed by atoms with van der Waals surface area (Å²) in [6, 6.07) is 0. The second-order valence-electron chi connectivity index (χ2n) is 9.76. The molecule has 0 spiro atoms. The van der Waals surface area contributed by atoms with Gasteiger partial charge in [0.15, 0.2) is 0 Å². The highest BCUT2D eigenvalue weighted by Gasteiger charge is 2.22. The van der Waals surface area contributed by atoms with Crippen molar-refractivity contribution in [2.45, 2.75) is 124 Å². The zero-order chi connectivity index (χ0) is 24.1. The fourth-order valence-corrected chi connectivity index (χ4v) is 2.76. The SMILES string of the molecule is CC(C)(C)OC(=O)NC(=O)OC(C)(C)C.CCCOC1CCCCCC(=O)OC(C)C1. The van der Waals surface area contributed by atoms with Crippen LogP contribution in [0.3, 0.4) is 0 Å². The van der Waals surface area contributed by atoms with Crippen molar-refractivity contribution in [3.63, 3.8) is 0 Å². The smallest absolute Gasteiger partial charge is 0.417 e. The number of hydrogen-bond donors (Lipinski definition) is 1. The molecule has 2 atom stereocenters. The molecule has 8 nitrogen and oxygen atoms in total. The molecule has 0 saturated carbocycles. The third-order valence-corrected chi connectivity index (χ3v) is 3.89. The van der Waals surface area contributed by atoms with E-state index in [2.05, 4.69) is 6.92 Å². The van der Waals surface area contributed by atoms with Crippen molar-refractivity contribution in [2.75, 3.05) is 6.61 Å². The molecule has 1 heterocycles. The minimum atomic E-state index is -0.809. The highest BCUT2D eigenvalue weighted by Crippen LogP contribution is 2.18. The maximum absolute atomic E-state index is 11.4. The summed E-state index contributed by atoms with van der Waals surface area (Å²) in [6.07, 6.45) is 5.42. The summed E-state index contributed by atoms with van der Waals surface area (Å²) in [5.41, 5.74) is -1.27. The first-order valence-electron chi connectivity index (χ1n) is 11.3. The highest BCUT2D eigenvalue weighted by molar-refractivity contribution is 5.87. The van der Waals surface area contributed by atoms with E-state index >= 15 is 0 Å². The van der Waals surface area contributed by atoms with E-state index in [1.165, 1.54) is 0 Å². The highest BCUT2D eigenvalue weighted by atomic mass is 16.6. The fraction of sp³-hybridized carbons (Fsp3) is 0.870. The largest absolute Gasteiger partial charge is 0.463 e. The Balaban J connectivity index is 0.000000582. The van der Waals surface area contributed by atoms with Crippen LogP contribution in [0.5, 0.6) is 0 Å². The van der Waals surface area contributed by atoms with Gasteiger partial charge >= 0.3 is 18.2 Å². The average Bonchev–Trinajstić information content (AvgIpc) is 2.55. The Kier molecular flexibility index (Phi) is 13.4. The Bertz CT molecular complexity index is 523. The number of carbonyl (C=O) groups is 3. The molecule has 1 aliphatic heterocycles. The van der Waals surface area contributed by atoms with E-state index in [0.29, 0.717) is 6.42 Å². The summed E-state index contributed by atoms with van der Waals surface area (Å²) in [6.45, 7) is 15.1. The summed E-state index contributed by atoms with van der Waals surface area (Å²) in [4.78, 5) is 33.6. The molecule has 0 bridgehead atoms. The minimum Gasteiger partial charge on any atom is -0.463 e. The van der Waals surface area contributed by atoms with Crippen molar-refractivity contribution in [3.8, 4) is 0 Å². The van der Waals surface area contributed by atoms with Gasteiger partial charge in [-0.3, -0.25) is 4.79 Å². The van der Waals surface area contributed by atoms with E-state index in [1.807, 2.05) is 12.2 Å². The summed E-state index contributed by atoms with van der Waals surface area (Å²) in [7, 11) is 0. The lowest BCUT2D eigenvalue weighted by Crippen LogP contribution is -2.39. The first kappa shape index (κ1) is 29.2. The van der Waals surface area contributed by atoms with E-state index in [4.69, 9.17) is 18.9 Å². The second-order valence-corrected chi connectivity index (χ2v) is 9.76. The molecule has 31 heavy (non-hydrogen) atoms. The van der Waals surface area contributed by atoms with E-state index in [9.17, 15) is 14.4 Å². The Labute approximate surface area is 187 Å². The van der Waals surface area contributed by atoms with Crippen LogP contribution in [0.15, 0.2) is 0 Å². The summed E-state index contributed by atoms with van der Waals surface area (Å²) in [5, 5.41) is 1.97. The summed E-state index contributed by atoms with van der Waals surface area (Å²) in [5.74, 6) is -0.0522. The molecule has 0 aromatic heterocycles. The van der Waals surface area contributed by atoms with Crippen LogP contribution in [0.4, 0.5) is 9.59 Å². The van der Waals surface area contributed by atoms with Gasteiger partial charge in [0.25, 0.3) is 0 Å². The first-order valence-corrected chi connectivity index (χ1v) is 11.3. The van der Waals surface area contributed by atoms with E-state index < -0.39 is 23.4 Å². The number of cyclic esters (lactones) is 1. The Hall–Kier alpha value is -1.83. The third kappa shape index (κ3) is 18.6. The van der Waals surface area contributed by atoms with Gasteiger partial charge in [-0.25, -0.2) is 14.9 Å². The van der Waals surface area contributed by atoms with Gasteiger partial charge < -0.3 is 18.9 Å². The summed E-state index contributed by atoms with van der Waals surface area (Å²) < 4.78 is 20.8. The molecule has 1 rings (SSSR count). The van der Waals surface area contributed by atoms with Crippen LogP contribution in [0, 0.1) is 0 Å². The number of alkyl carbamates (subject to hydrolysis) is 2. The number of carbonyl (C=O) groups excluding carboxylic acids is 3. The predicted molar refractivity (Wildman–Crippen MR) is 119 cm³/mol. The van der Waals surface area contributed by atoms with Gasteiger partial charge in [-0.1, -0.05) is 19.8 Å². The van der Waals surface area contributed by atoms with Crippen molar-refractivity contribution in [1.82, 2.24) is 5.32 Å². The molecule has 8 heteroatoms. The van der Waals surface area contributed by atoms with Gasteiger partial charge in [0.05, 0.1) is 6.10 Å². The standard InChI is InChI=1S/C13H24O3.C10H19NO4/c1-3-9-15-12-7-5-4-6-8-13(14)16-11(2)10-12;1-9(2,3)14-7(12)11-8(13)15-10(4,5)6/h11-12H,3-10H2,1-2H3;1-6H3,(H,11,12,13). The molecule has 2 unspecified atom stereocenters. The Morgan fingerprint density at radius 3 is 2.03 bits per heavy atom. The lowest BCUT2D eigenvalue weighted by molar-refractivity contribution is -0.150. The van der Waals surface area contributed by atoms with Crippen LogP contribution >= 0.6 is 0 Å². The number of imide groups is 1. The minimum absolute atomic E-state index is 0.00699. The van der Waals surface area contributed by atoms with Crippen LogP contribution < -0.4 is 5.32 Å². The second kappa shape index (κ2) is 14.3. The van der Waals surface area contributed by atoms with Crippen LogP contribution in [-0.2, 0) is 23.7 Å². The molecule has 2 amide bonds. The molecule has 1 N–H and O–H groups in total. The monoisotopic (exact) mass is 445 g/mol. The molecule has 0 radical (unpaired) electrons. The van der Waals surface area contributed by atoms with Crippen molar-refractivity contribution < 1.29 is 33.3 Å². The zero-order valence-corrected chi connectivity index (χ0v) is 20.7. The maximum Gasteiger partial charge on any atom is 0.417 e. The quantitative estimate of drug-likeness (QED) is 0.451. The number of ether oxygens (including phenoxy) is 4. The first-order chi connectivity index (χ1) is 14.2. The Morgan fingerprint density at radius 1 is 1.00 bits per heavy atom. The van der Waals surface area contributed by atoms with Gasteiger partial charge in [0.2, 0.25) is 0 Å². The molecular formula is C23H43NO7. The van der Waals surface area contributed by atoms with Gasteiger partial charge in [0, 0.05) is 19.4 Å². The lowest BCUT2D eigenvalue weighted by Gasteiger charge is -2.23. The summed E-state index contributed by atoms with van der Waals surface area (Å²) >= 11 is 0. The van der Waals surface area contributed by atoms with Crippen molar-refractivity contribution in [2.24, 2.45) is 0 Å². The van der Waals surface area contributed by atoms with Crippen LogP contribution in [0.25, 0.3) is 0 Å². The maximum atomic E-state index is 11.4. The molecule has 182 valence electrons. The molecule has 0 aliphatic carbocycles. The zero-order valence-electron chi connectivity index (χ0n) is 20.7. The van der Waals surface area contributed by atoms with Crippen LogP contribution in [0.2, 0.25) is 0 Å². The normalized spacial score (nSPS) is 20.5. The number of rotatable bonds is 3. The van der Waals surface area contributed by atoms with Crippen LogP contribution in [-0.4, -0.2) is 48.2 Å². The number of esters is 1. The van der Waals surface area contributed by atoms with Gasteiger partial charge in [-0.15, -0.1) is 0 Å². The third-order valence-electron chi connectivity index (χ3n) is 3.89. The van der Waals surface area contributed by atoms with Crippen molar-refractivity contribution >= 4 is 18.2 Å². The molecular weight excluding hydrogens is 402 g/mol. The lowest BCUT2D eigenvalue weighted by atomic mass is 10.0. The van der Waals surface area contributed by atoms with Crippen molar-refractivity contribution in [1.29, 1.82) is 0 Å². The average molecular weight is 446 g/mol. The van der Waals surface area contributed by atoms with E-state index in [-0.39, 0.29) is 18.2 Å². The van der Waals surface area contributed by atoms with E-state index in [0.717, 1.165) is 45.1 Å². The number of hydrogen-bond acceptors (Lipinski definition) is 7. The van der Waals surface area contributed by atoms with Crippen molar-refractivity contribution in [3.05, 3.63) is 0 Å². The fourth-order valence-electron chi connectivity index (χ4n) is 2.76. The Morgan fingerprint density at radius 2 is 1.55 bits per heavy atom. The molecule has 1 fully saturated rings. The van der Waals surface area contributed by atoms with Gasteiger partial charge in [-0.05, 0) is 67.7 Å². The molecule has 1 saturated heterocycles. The van der Waals surface area contributed by atoms with Crippen LogP contribution in [0.1, 0.15) is 100 Å². The molecule has 0 aromatic rings. The molecule has 1 aliphatic rings.